The number of likely N-dealkylation sites (tertiary alicyclic amines) is 1. The van der Waals surface area contributed by atoms with E-state index in [1.165, 1.54) is 12.1 Å². The smallest absolute Gasteiger partial charge is 0.296 e. The van der Waals surface area contributed by atoms with Crippen LogP contribution in [0.4, 0.5) is 13.2 Å². The van der Waals surface area contributed by atoms with Gasteiger partial charge in [-0.25, -0.2) is 0 Å². The molecule has 1 aliphatic heterocycles. The van der Waals surface area contributed by atoms with Crippen molar-refractivity contribution >= 4 is 0 Å². The molecular formula is C17H24F3N. The van der Waals surface area contributed by atoms with Crippen LogP contribution in [0.25, 0.3) is 0 Å². The average Bonchev–Trinajstić information content (AvgIpc) is 2.85. The van der Waals surface area contributed by atoms with E-state index in [1.54, 1.807) is 12.1 Å². The minimum Gasteiger partial charge on any atom is -0.296 e. The Morgan fingerprint density at radius 2 is 1.95 bits per heavy atom. The standard InChI is InChI=1S/C17H24F3N/c1-13(2)7-5-11-21-12-6-10-16(21)14-8-3-4-9-15(14)17(18,19)20/h3-4,8-9,13,16H,5-7,10-12H2,1-2H3. The highest BCUT2D eigenvalue weighted by atomic mass is 19.4. The maximum absolute atomic E-state index is 13.2. The molecule has 118 valence electrons. The summed E-state index contributed by atoms with van der Waals surface area (Å²) in [5.74, 6) is 0.647. The van der Waals surface area contributed by atoms with Crippen LogP contribution in [0.2, 0.25) is 0 Å². The van der Waals surface area contributed by atoms with Gasteiger partial charge in [0.25, 0.3) is 0 Å². The lowest BCUT2D eigenvalue weighted by Crippen LogP contribution is -2.26. The van der Waals surface area contributed by atoms with Gasteiger partial charge in [0, 0.05) is 6.04 Å². The van der Waals surface area contributed by atoms with Crippen LogP contribution < -0.4 is 0 Å². The molecule has 1 fully saturated rings. The molecule has 0 radical (unpaired) electrons. The molecule has 1 heterocycles. The number of rotatable bonds is 5. The van der Waals surface area contributed by atoms with Crippen LogP contribution in [-0.4, -0.2) is 18.0 Å². The Morgan fingerprint density at radius 1 is 1.24 bits per heavy atom. The van der Waals surface area contributed by atoms with Gasteiger partial charge in [0.15, 0.2) is 0 Å². The zero-order valence-electron chi connectivity index (χ0n) is 12.8. The molecular weight excluding hydrogens is 275 g/mol. The SMILES string of the molecule is CC(C)CCCN1CCCC1c1ccccc1C(F)(F)F. The topological polar surface area (TPSA) is 3.24 Å². The first-order valence-electron chi connectivity index (χ1n) is 7.79. The maximum atomic E-state index is 13.2. The minimum atomic E-state index is -4.26. The number of benzene rings is 1. The summed E-state index contributed by atoms with van der Waals surface area (Å²) in [5.41, 5.74) is -0.0159. The highest BCUT2D eigenvalue weighted by Crippen LogP contribution is 2.40. The predicted octanol–water partition coefficient (Wildman–Crippen LogP) is 5.28. The molecule has 0 aromatic heterocycles. The lowest BCUT2D eigenvalue weighted by atomic mass is 9.97. The molecule has 1 atom stereocenters. The Hall–Kier alpha value is -1.03. The average molecular weight is 299 g/mol. The van der Waals surface area contributed by atoms with Crippen LogP contribution in [0.3, 0.4) is 0 Å². The molecule has 1 nitrogen and oxygen atoms in total. The van der Waals surface area contributed by atoms with Gasteiger partial charge in [-0.15, -0.1) is 0 Å². The summed E-state index contributed by atoms with van der Waals surface area (Å²) in [4.78, 5) is 2.23. The predicted molar refractivity (Wildman–Crippen MR) is 79.1 cm³/mol. The van der Waals surface area contributed by atoms with Gasteiger partial charge in [-0.3, -0.25) is 4.90 Å². The van der Waals surface area contributed by atoms with E-state index in [0.717, 1.165) is 38.8 Å². The first kappa shape index (κ1) is 16.3. The molecule has 1 unspecified atom stereocenters. The molecule has 1 saturated heterocycles. The van der Waals surface area contributed by atoms with Gasteiger partial charge in [0.2, 0.25) is 0 Å². The molecule has 0 bridgehead atoms. The number of nitrogens with zero attached hydrogens (tertiary/aromatic N) is 1. The molecule has 0 spiro atoms. The Bertz CT molecular complexity index is 454. The lowest BCUT2D eigenvalue weighted by molar-refractivity contribution is -0.138. The van der Waals surface area contributed by atoms with Crippen LogP contribution in [0.5, 0.6) is 0 Å². The second-order valence-electron chi connectivity index (χ2n) is 6.32. The number of alkyl halides is 3. The van der Waals surface area contributed by atoms with E-state index >= 15 is 0 Å². The molecule has 0 N–H and O–H groups in total. The summed E-state index contributed by atoms with van der Waals surface area (Å²) in [6.45, 7) is 6.17. The summed E-state index contributed by atoms with van der Waals surface area (Å²) < 4.78 is 39.5. The maximum Gasteiger partial charge on any atom is 0.416 e. The van der Waals surface area contributed by atoms with Crippen molar-refractivity contribution in [2.75, 3.05) is 13.1 Å². The Kier molecular flexibility index (Phi) is 5.31. The second kappa shape index (κ2) is 6.82. The molecule has 1 aromatic rings. The van der Waals surface area contributed by atoms with Gasteiger partial charge in [0.05, 0.1) is 5.56 Å². The number of hydrogen-bond acceptors (Lipinski definition) is 1. The van der Waals surface area contributed by atoms with Crippen molar-refractivity contribution in [3.63, 3.8) is 0 Å². The molecule has 4 heteroatoms. The van der Waals surface area contributed by atoms with Crippen molar-refractivity contribution < 1.29 is 13.2 Å². The summed E-state index contributed by atoms with van der Waals surface area (Å²) >= 11 is 0. The molecule has 21 heavy (non-hydrogen) atoms. The fourth-order valence-electron chi connectivity index (χ4n) is 3.19. The Balaban J connectivity index is 2.13. The second-order valence-corrected chi connectivity index (χ2v) is 6.32. The van der Waals surface area contributed by atoms with Gasteiger partial charge < -0.3 is 0 Å². The Morgan fingerprint density at radius 3 is 2.62 bits per heavy atom. The molecule has 0 aliphatic carbocycles. The third-order valence-corrected chi connectivity index (χ3v) is 4.22. The van der Waals surface area contributed by atoms with Crippen LogP contribution in [0, 0.1) is 5.92 Å². The molecule has 1 aromatic carbocycles. The van der Waals surface area contributed by atoms with E-state index in [0.29, 0.717) is 11.5 Å². The Labute approximate surface area is 125 Å². The minimum absolute atomic E-state index is 0.0741. The van der Waals surface area contributed by atoms with E-state index in [9.17, 15) is 13.2 Å². The lowest BCUT2D eigenvalue weighted by Gasteiger charge is -2.27. The summed E-state index contributed by atoms with van der Waals surface area (Å²) in [6.07, 6.45) is -0.261. The molecule has 0 amide bonds. The van der Waals surface area contributed by atoms with Gasteiger partial charge in [-0.1, -0.05) is 32.0 Å². The van der Waals surface area contributed by atoms with Gasteiger partial charge in [-0.05, 0) is 56.3 Å². The van der Waals surface area contributed by atoms with Gasteiger partial charge in [0.1, 0.15) is 0 Å². The quantitative estimate of drug-likeness (QED) is 0.715. The van der Waals surface area contributed by atoms with E-state index in [1.807, 2.05) is 0 Å². The summed E-state index contributed by atoms with van der Waals surface area (Å²) in [5, 5.41) is 0. The van der Waals surface area contributed by atoms with E-state index < -0.39 is 11.7 Å². The van der Waals surface area contributed by atoms with E-state index in [2.05, 4.69) is 18.7 Å². The fourth-order valence-corrected chi connectivity index (χ4v) is 3.19. The number of halogens is 3. The van der Waals surface area contributed by atoms with Gasteiger partial charge >= 0.3 is 6.18 Å². The van der Waals surface area contributed by atoms with Crippen molar-refractivity contribution in [2.24, 2.45) is 5.92 Å². The zero-order chi connectivity index (χ0) is 15.5. The normalized spacial score (nSPS) is 20.4. The monoisotopic (exact) mass is 299 g/mol. The highest BCUT2D eigenvalue weighted by Gasteiger charge is 2.37. The van der Waals surface area contributed by atoms with Crippen molar-refractivity contribution in [1.82, 2.24) is 4.90 Å². The highest BCUT2D eigenvalue weighted by molar-refractivity contribution is 5.33. The van der Waals surface area contributed by atoms with Crippen molar-refractivity contribution in [3.05, 3.63) is 35.4 Å². The first-order chi connectivity index (χ1) is 9.89. The zero-order valence-corrected chi connectivity index (χ0v) is 12.8. The van der Waals surface area contributed by atoms with Crippen molar-refractivity contribution in [2.45, 2.75) is 51.7 Å². The molecule has 2 rings (SSSR count). The third kappa shape index (κ3) is 4.22. The van der Waals surface area contributed by atoms with Crippen LogP contribution in [-0.2, 0) is 6.18 Å². The van der Waals surface area contributed by atoms with Crippen LogP contribution in [0.15, 0.2) is 24.3 Å². The van der Waals surface area contributed by atoms with Crippen molar-refractivity contribution in [1.29, 1.82) is 0 Å². The molecule has 0 saturated carbocycles. The van der Waals surface area contributed by atoms with Crippen LogP contribution in [0.1, 0.15) is 56.7 Å². The van der Waals surface area contributed by atoms with Gasteiger partial charge in [-0.2, -0.15) is 13.2 Å². The molecule has 1 aliphatic rings. The number of hydrogen-bond donors (Lipinski definition) is 0. The first-order valence-corrected chi connectivity index (χ1v) is 7.79. The van der Waals surface area contributed by atoms with E-state index in [4.69, 9.17) is 0 Å². The van der Waals surface area contributed by atoms with Crippen molar-refractivity contribution in [3.8, 4) is 0 Å². The largest absolute Gasteiger partial charge is 0.416 e. The summed E-state index contributed by atoms with van der Waals surface area (Å²) in [7, 11) is 0. The third-order valence-electron chi connectivity index (χ3n) is 4.22. The summed E-state index contributed by atoms with van der Waals surface area (Å²) in [6, 6.07) is 5.98. The van der Waals surface area contributed by atoms with E-state index in [-0.39, 0.29) is 6.04 Å². The fraction of sp³-hybridized carbons (Fsp3) is 0.647. The van der Waals surface area contributed by atoms with Crippen LogP contribution >= 0.6 is 0 Å².